The van der Waals surface area contributed by atoms with Gasteiger partial charge in [-0.2, -0.15) is 5.10 Å². The lowest BCUT2D eigenvalue weighted by atomic mass is 9.87. The van der Waals surface area contributed by atoms with E-state index >= 15 is 0 Å². The quantitative estimate of drug-likeness (QED) is 0.354. The van der Waals surface area contributed by atoms with Gasteiger partial charge in [0.2, 0.25) is 0 Å². The highest BCUT2D eigenvalue weighted by molar-refractivity contribution is 5.70. The van der Waals surface area contributed by atoms with E-state index in [0.29, 0.717) is 0 Å². The number of nitrogens with one attached hydrogen (secondary N) is 1. The van der Waals surface area contributed by atoms with E-state index in [1.807, 2.05) is 79.2 Å². The first-order chi connectivity index (χ1) is 17.1. The summed E-state index contributed by atoms with van der Waals surface area (Å²) in [5, 5.41) is 26.4. The van der Waals surface area contributed by atoms with Crippen molar-refractivity contribution in [2.45, 2.75) is 12.8 Å². The average molecular weight is 470 g/mol. The third-order valence-electron chi connectivity index (χ3n) is 6.22. The Morgan fingerprint density at radius 2 is 1.80 bits per heavy atom. The van der Waals surface area contributed by atoms with Crippen molar-refractivity contribution in [2.24, 2.45) is 13.0 Å². The van der Waals surface area contributed by atoms with E-state index < -0.39 is 0 Å². The molecule has 0 aliphatic rings. The molecule has 0 saturated heterocycles. The second kappa shape index (κ2) is 9.55. The predicted molar refractivity (Wildman–Crippen MR) is 134 cm³/mol. The summed E-state index contributed by atoms with van der Waals surface area (Å²) in [6, 6.07) is 17.8. The Morgan fingerprint density at radius 3 is 2.51 bits per heavy atom. The van der Waals surface area contributed by atoms with Gasteiger partial charge in [0.05, 0.1) is 13.3 Å². The van der Waals surface area contributed by atoms with E-state index in [1.165, 1.54) is 0 Å². The molecule has 5 rings (SSSR count). The fourth-order valence-corrected chi connectivity index (χ4v) is 4.26. The molecule has 4 heterocycles. The number of benzene rings is 1. The van der Waals surface area contributed by atoms with Crippen LogP contribution in [0.25, 0.3) is 16.8 Å². The number of methoxy groups -OCH3 is 1. The highest BCUT2D eigenvalue weighted by Gasteiger charge is 2.26. The summed E-state index contributed by atoms with van der Waals surface area (Å²) >= 11 is 0. The molecule has 2 N–H and O–H groups in total. The van der Waals surface area contributed by atoms with Crippen molar-refractivity contribution in [3.05, 3.63) is 84.6 Å². The van der Waals surface area contributed by atoms with E-state index in [2.05, 4.69) is 25.6 Å². The minimum absolute atomic E-state index is 0.0349. The van der Waals surface area contributed by atoms with E-state index in [9.17, 15) is 5.11 Å². The number of hydrogen-bond donors (Lipinski definition) is 2. The number of hydrogen-bond acceptors (Lipinski definition) is 7. The van der Waals surface area contributed by atoms with Crippen LogP contribution in [0.2, 0.25) is 0 Å². The molecule has 0 amide bonds. The Kier molecular flexibility index (Phi) is 6.15. The van der Waals surface area contributed by atoms with Crippen LogP contribution in [-0.2, 0) is 7.05 Å². The van der Waals surface area contributed by atoms with Crippen molar-refractivity contribution in [1.29, 1.82) is 0 Å². The minimum atomic E-state index is -0.123. The number of anilines is 2. The van der Waals surface area contributed by atoms with Crippen LogP contribution in [-0.4, -0.2) is 48.2 Å². The highest BCUT2D eigenvalue weighted by Crippen LogP contribution is 2.33. The SMILES string of the molecule is COc1ccc(C(c2nnc3cc(-c4ccnc(Nc5ccnn5C)c4)ccn23)[C@H](C)CO)cc1. The van der Waals surface area contributed by atoms with Gasteiger partial charge in [0.25, 0.3) is 0 Å². The van der Waals surface area contributed by atoms with Crippen LogP contribution in [0.4, 0.5) is 11.6 Å². The molecule has 35 heavy (non-hydrogen) atoms. The van der Waals surface area contributed by atoms with Gasteiger partial charge in [0.15, 0.2) is 5.65 Å². The molecule has 178 valence electrons. The Labute approximate surface area is 203 Å². The van der Waals surface area contributed by atoms with Crippen LogP contribution >= 0.6 is 0 Å². The van der Waals surface area contributed by atoms with Gasteiger partial charge in [-0.1, -0.05) is 19.1 Å². The van der Waals surface area contributed by atoms with E-state index in [1.54, 1.807) is 24.2 Å². The number of pyridine rings is 2. The Balaban J connectivity index is 1.48. The lowest BCUT2D eigenvalue weighted by Gasteiger charge is -2.21. The minimum Gasteiger partial charge on any atom is -0.497 e. The number of aromatic nitrogens is 6. The summed E-state index contributed by atoms with van der Waals surface area (Å²) in [5.74, 6) is 2.99. The lowest BCUT2D eigenvalue weighted by molar-refractivity contribution is 0.222. The molecule has 9 heteroatoms. The number of aliphatic hydroxyl groups is 1. The average Bonchev–Trinajstić information content (AvgIpc) is 3.50. The van der Waals surface area contributed by atoms with Crippen LogP contribution in [0, 0.1) is 5.92 Å². The fourth-order valence-electron chi connectivity index (χ4n) is 4.26. The predicted octanol–water partition coefficient (Wildman–Crippen LogP) is 4.04. The Morgan fingerprint density at radius 1 is 1.00 bits per heavy atom. The normalized spacial score (nSPS) is 13.0. The summed E-state index contributed by atoms with van der Waals surface area (Å²) in [6.07, 6.45) is 5.49. The molecule has 0 saturated carbocycles. The van der Waals surface area contributed by atoms with E-state index in [0.717, 1.165) is 45.5 Å². The number of nitrogens with zero attached hydrogens (tertiary/aromatic N) is 6. The Bertz CT molecular complexity index is 1440. The molecular formula is C26H27N7O2. The fraction of sp³-hybridized carbons (Fsp3) is 0.231. The molecule has 5 aromatic rings. The molecule has 1 aromatic carbocycles. The first kappa shape index (κ1) is 22.5. The van der Waals surface area contributed by atoms with Crippen molar-refractivity contribution >= 4 is 17.3 Å². The maximum Gasteiger partial charge on any atom is 0.161 e. The smallest absolute Gasteiger partial charge is 0.161 e. The van der Waals surface area contributed by atoms with Gasteiger partial charge in [-0.15, -0.1) is 10.2 Å². The molecule has 0 aliphatic carbocycles. The van der Waals surface area contributed by atoms with Crippen LogP contribution in [0.3, 0.4) is 0 Å². The zero-order valence-electron chi connectivity index (χ0n) is 19.8. The van der Waals surface area contributed by atoms with E-state index in [4.69, 9.17) is 4.74 Å². The molecule has 0 radical (unpaired) electrons. The lowest BCUT2D eigenvalue weighted by Crippen LogP contribution is -2.18. The number of aliphatic hydroxyl groups excluding tert-OH is 1. The zero-order chi connectivity index (χ0) is 24.4. The number of fused-ring (bicyclic) bond motifs is 1. The van der Waals surface area contributed by atoms with Crippen LogP contribution < -0.4 is 10.1 Å². The first-order valence-electron chi connectivity index (χ1n) is 11.4. The van der Waals surface area contributed by atoms with Gasteiger partial charge >= 0.3 is 0 Å². The van der Waals surface area contributed by atoms with Crippen molar-refractivity contribution in [2.75, 3.05) is 19.0 Å². The van der Waals surface area contributed by atoms with Gasteiger partial charge in [0, 0.05) is 38.0 Å². The summed E-state index contributed by atoms with van der Waals surface area (Å²) in [4.78, 5) is 4.43. The second-order valence-electron chi connectivity index (χ2n) is 8.51. The Hall–Kier alpha value is -4.24. The van der Waals surface area contributed by atoms with Gasteiger partial charge < -0.3 is 15.2 Å². The van der Waals surface area contributed by atoms with Gasteiger partial charge in [0.1, 0.15) is 23.2 Å². The molecule has 2 atom stereocenters. The summed E-state index contributed by atoms with van der Waals surface area (Å²) in [5.41, 5.74) is 3.79. The third kappa shape index (κ3) is 4.45. The van der Waals surface area contributed by atoms with Crippen molar-refractivity contribution in [3.63, 3.8) is 0 Å². The molecule has 9 nitrogen and oxygen atoms in total. The van der Waals surface area contributed by atoms with Crippen molar-refractivity contribution in [3.8, 4) is 16.9 Å². The number of rotatable bonds is 8. The summed E-state index contributed by atoms with van der Waals surface area (Å²) in [7, 11) is 3.52. The van der Waals surface area contributed by atoms with Crippen LogP contribution in [0.5, 0.6) is 5.75 Å². The summed E-state index contributed by atoms with van der Waals surface area (Å²) in [6.45, 7) is 2.05. The maximum absolute atomic E-state index is 9.97. The van der Waals surface area contributed by atoms with Gasteiger partial charge in [-0.25, -0.2) is 4.98 Å². The molecule has 0 fully saturated rings. The van der Waals surface area contributed by atoms with Gasteiger partial charge in [-0.05, 0) is 59.0 Å². The first-order valence-corrected chi connectivity index (χ1v) is 11.4. The van der Waals surface area contributed by atoms with E-state index in [-0.39, 0.29) is 18.4 Å². The topological polar surface area (TPSA) is 102 Å². The molecule has 0 bridgehead atoms. The number of ether oxygens (including phenoxy) is 1. The van der Waals surface area contributed by atoms with Crippen LogP contribution in [0.1, 0.15) is 24.2 Å². The molecule has 1 unspecified atom stereocenters. The molecular weight excluding hydrogens is 442 g/mol. The standard InChI is InChI=1S/C26H27N7O2/c1-17(16-34)25(18-4-6-21(35-3)7-5-18)26-31-30-24-15-20(10-13-33(24)26)19-8-11-27-22(14-19)29-23-9-12-28-32(23)2/h4-15,17,25,34H,16H2,1-3H3,(H,27,29)/t17-,25?/m1/s1. The van der Waals surface area contributed by atoms with Crippen molar-refractivity contribution < 1.29 is 9.84 Å². The zero-order valence-corrected chi connectivity index (χ0v) is 19.8. The maximum atomic E-state index is 9.97. The molecule has 0 aliphatic heterocycles. The van der Waals surface area contributed by atoms with Gasteiger partial charge in [-0.3, -0.25) is 9.08 Å². The third-order valence-corrected chi connectivity index (χ3v) is 6.22. The monoisotopic (exact) mass is 469 g/mol. The summed E-state index contributed by atoms with van der Waals surface area (Å²) < 4.78 is 9.04. The van der Waals surface area contributed by atoms with Crippen LogP contribution in [0.15, 0.2) is 73.2 Å². The highest BCUT2D eigenvalue weighted by atomic mass is 16.5. The second-order valence-corrected chi connectivity index (χ2v) is 8.51. The van der Waals surface area contributed by atoms with Crippen molar-refractivity contribution in [1.82, 2.24) is 29.4 Å². The largest absolute Gasteiger partial charge is 0.497 e. The number of aryl methyl sites for hydroxylation is 1. The molecule has 0 spiro atoms. The molecule has 4 aromatic heterocycles.